The molecule has 4 heterocycles. The molecule has 0 saturated heterocycles. The van der Waals surface area contributed by atoms with Crippen LogP contribution >= 0.6 is 0 Å². The zero-order valence-corrected chi connectivity index (χ0v) is 25.1. The lowest BCUT2D eigenvalue weighted by Gasteiger charge is -2.30. The number of nitrogens with zero attached hydrogens (tertiary/aromatic N) is 5. The SMILES string of the molecule is O=C(N[C@H]1CC[C@@H](n2c(=O)c3cc(F)cnc3n(-c3cccc(-c4ccc(CCO)cc4)c3)c2=O)CC1)c1cn2cc(F)ccc2n1. The lowest BCUT2D eigenvalue weighted by Crippen LogP contribution is -2.45. The highest BCUT2D eigenvalue weighted by atomic mass is 19.1. The zero-order chi connectivity index (χ0) is 32.7. The first kappa shape index (κ1) is 30.2. The zero-order valence-electron chi connectivity index (χ0n) is 25.1. The Labute approximate surface area is 266 Å². The van der Waals surface area contributed by atoms with E-state index < -0.39 is 34.8 Å². The van der Waals surface area contributed by atoms with E-state index in [1.54, 1.807) is 12.1 Å². The van der Waals surface area contributed by atoms with Crippen molar-refractivity contribution in [2.75, 3.05) is 6.61 Å². The molecule has 0 unspecified atom stereocenters. The fourth-order valence-electron chi connectivity index (χ4n) is 6.37. The van der Waals surface area contributed by atoms with E-state index in [1.165, 1.54) is 38.1 Å². The molecular formula is C35H30F2N6O4. The Hall–Kier alpha value is -5.49. The van der Waals surface area contributed by atoms with Crippen LogP contribution in [0.1, 0.15) is 47.8 Å². The van der Waals surface area contributed by atoms with E-state index in [0.717, 1.165) is 29.0 Å². The van der Waals surface area contributed by atoms with Gasteiger partial charge in [-0.05, 0) is 79.1 Å². The van der Waals surface area contributed by atoms with Crippen molar-refractivity contribution in [3.63, 3.8) is 0 Å². The summed E-state index contributed by atoms with van der Waals surface area (Å²) in [4.78, 5) is 49.3. The molecule has 0 atom stereocenters. The van der Waals surface area contributed by atoms with Crippen molar-refractivity contribution in [2.24, 2.45) is 0 Å². The van der Waals surface area contributed by atoms with Crippen molar-refractivity contribution in [2.45, 2.75) is 44.2 Å². The van der Waals surface area contributed by atoms with Gasteiger partial charge in [-0.15, -0.1) is 0 Å². The Balaban J connectivity index is 1.18. The molecule has 0 bridgehead atoms. The van der Waals surface area contributed by atoms with Gasteiger partial charge in [-0.1, -0.05) is 36.4 Å². The number of carbonyl (C=O) groups is 1. The smallest absolute Gasteiger partial charge is 0.337 e. The highest BCUT2D eigenvalue weighted by molar-refractivity contribution is 5.93. The molecule has 1 saturated carbocycles. The minimum Gasteiger partial charge on any atom is -0.396 e. The van der Waals surface area contributed by atoms with Gasteiger partial charge in [-0.25, -0.2) is 28.1 Å². The van der Waals surface area contributed by atoms with Crippen molar-refractivity contribution in [3.8, 4) is 16.8 Å². The van der Waals surface area contributed by atoms with Crippen LogP contribution in [0, 0.1) is 11.6 Å². The summed E-state index contributed by atoms with van der Waals surface area (Å²) < 4.78 is 32.0. The fourth-order valence-corrected chi connectivity index (χ4v) is 6.37. The van der Waals surface area contributed by atoms with E-state index in [9.17, 15) is 28.3 Å². The molecule has 1 aliphatic carbocycles. The predicted octanol–water partition coefficient (Wildman–Crippen LogP) is 4.59. The minimum absolute atomic E-state index is 0.0120. The molecule has 0 aliphatic heterocycles. The Morgan fingerprint density at radius 2 is 1.70 bits per heavy atom. The molecule has 4 aromatic heterocycles. The number of hydrogen-bond acceptors (Lipinski definition) is 6. The topological polar surface area (TPSA) is 124 Å². The number of nitrogens with one attached hydrogen (secondary N) is 1. The molecule has 238 valence electrons. The summed E-state index contributed by atoms with van der Waals surface area (Å²) in [6.45, 7) is 0.0522. The molecule has 12 heteroatoms. The third-order valence-electron chi connectivity index (χ3n) is 8.73. The van der Waals surface area contributed by atoms with E-state index in [1.807, 2.05) is 36.4 Å². The lowest BCUT2D eigenvalue weighted by molar-refractivity contribution is 0.0917. The summed E-state index contributed by atoms with van der Waals surface area (Å²) in [5.74, 6) is -1.53. The summed E-state index contributed by atoms with van der Waals surface area (Å²) in [5, 5.41) is 12.2. The summed E-state index contributed by atoms with van der Waals surface area (Å²) in [6.07, 6.45) is 6.06. The number of benzene rings is 2. The molecule has 7 rings (SSSR count). The lowest BCUT2D eigenvalue weighted by atomic mass is 9.90. The maximum Gasteiger partial charge on any atom is 0.337 e. The van der Waals surface area contributed by atoms with Crippen molar-refractivity contribution < 1.29 is 18.7 Å². The number of aliphatic hydroxyl groups excluding tert-OH is 1. The average Bonchev–Trinajstić information content (AvgIpc) is 3.50. The van der Waals surface area contributed by atoms with E-state index in [2.05, 4.69) is 15.3 Å². The standard InChI is InChI=1S/C35H30F2N6O4/c36-24-8-13-31-40-30(20-41(31)19-24)33(45)39-26-9-11-27(12-10-26)43-34(46)29-17-25(37)18-38-32(29)42(35(43)47)28-3-1-2-23(16-28)22-6-4-21(5-7-22)14-15-44/h1-8,13,16-20,26-27,44H,9-12,14-15H2,(H,39,45)/t26-,27+. The summed E-state index contributed by atoms with van der Waals surface area (Å²) in [6, 6.07) is 18.2. The van der Waals surface area contributed by atoms with Gasteiger partial charge in [0.25, 0.3) is 11.5 Å². The van der Waals surface area contributed by atoms with Gasteiger partial charge in [-0.2, -0.15) is 0 Å². The largest absolute Gasteiger partial charge is 0.396 e. The second kappa shape index (κ2) is 12.4. The number of amides is 1. The number of rotatable bonds is 7. The van der Waals surface area contributed by atoms with Crippen LogP contribution in [-0.2, 0) is 6.42 Å². The van der Waals surface area contributed by atoms with Gasteiger partial charge >= 0.3 is 5.69 Å². The second-order valence-electron chi connectivity index (χ2n) is 11.8. The normalized spacial score (nSPS) is 16.5. The van der Waals surface area contributed by atoms with Gasteiger partial charge in [0, 0.05) is 31.1 Å². The summed E-state index contributed by atoms with van der Waals surface area (Å²) >= 11 is 0. The number of halogens is 2. The van der Waals surface area contributed by atoms with Gasteiger partial charge in [0.15, 0.2) is 5.65 Å². The molecule has 47 heavy (non-hydrogen) atoms. The van der Waals surface area contributed by atoms with E-state index in [0.29, 0.717) is 43.4 Å². The maximum absolute atomic E-state index is 14.4. The van der Waals surface area contributed by atoms with Crippen LogP contribution in [0.2, 0.25) is 0 Å². The van der Waals surface area contributed by atoms with Gasteiger partial charge < -0.3 is 14.8 Å². The highest BCUT2D eigenvalue weighted by Gasteiger charge is 2.28. The van der Waals surface area contributed by atoms with Crippen LogP contribution in [0.15, 0.2) is 94.9 Å². The Kier molecular flexibility index (Phi) is 7.94. The van der Waals surface area contributed by atoms with Crippen molar-refractivity contribution in [1.82, 2.24) is 28.8 Å². The minimum atomic E-state index is -0.691. The number of imidazole rings is 1. The van der Waals surface area contributed by atoms with Gasteiger partial charge in [0.05, 0.1) is 17.3 Å². The Morgan fingerprint density at radius 1 is 0.915 bits per heavy atom. The number of pyridine rings is 2. The van der Waals surface area contributed by atoms with Crippen LogP contribution < -0.4 is 16.6 Å². The molecule has 0 spiro atoms. The third kappa shape index (κ3) is 5.83. The molecule has 2 aromatic carbocycles. The van der Waals surface area contributed by atoms with Crippen LogP contribution in [0.4, 0.5) is 8.78 Å². The van der Waals surface area contributed by atoms with Gasteiger partial charge in [0.2, 0.25) is 0 Å². The first-order valence-corrected chi connectivity index (χ1v) is 15.4. The molecule has 1 amide bonds. The number of aromatic nitrogens is 5. The predicted molar refractivity (Wildman–Crippen MR) is 172 cm³/mol. The monoisotopic (exact) mass is 636 g/mol. The maximum atomic E-state index is 14.4. The van der Waals surface area contributed by atoms with Crippen LogP contribution in [0.25, 0.3) is 33.5 Å². The molecule has 0 radical (unpaired) electrons. The van der Waals surface area contributed by atoms with Crippen molar-refractivity contribution >= 4 is 22.6 Å². The molecule has 2 N–H and O–H groups in total. The van der Waals surface area contributed by atoms with E-state index in [4.69, 9.17) is 0 Å². The molecule has 10 nitrogen and oxygen atoms in total. The molecule has 6 aromatic rings. The number of aliphatic hydroxyl groups is 1. The van der Waals surface area contributed by atoms with Crippen LogP contribution in [-0.4, -0.2) is 47.2 Å². The van der Waals surface area contributed by atoms with Gasteiger partial charge in [0.1, 0.15) is 23.0 Å². The quantitative estimate of drug-likeness (QED) is 0.264. The Bertz CT molecular complexity index is 2250. The van der Waals surface area contributed by atoms with Crippen molar-refractivity contribution in [1.29, 1.82) is 0 Å². The second-order valence-corrected chi connectivity index (χ2v) is 11.8. The number of hydrogen-bond donors (Lipinski definition) is 2. The fraction of sp³-hybridized carbons (Fsp3) is 0.229. The number of carbonyl (C=O) groups excluding carboxylic acids is 1. The molecule has 1 aliphatic rings. The summed E-state index contributed by atoms with van der Waals surface area (Å²) in [5.41, 5.74) is 2.64. The average molecular weight is 637 g/mol. The van der Waals surface area contributed by atoms with E-state index in [-0.39, 0.29) is 29.4 Å². The van der Waals surface area contributed by atoms with Crippen LogP contribution in [0.5, 0.6) is 0 Å². The Morgan fingerprint density at radius 3 is 2.47 bits per heavy atom. The highest BCUT2D eigenvalue weighted by Crippen LogP contribution is 2.28. The molecule has 1 fully saturated rings. The first-order chi connectivity index (χ1) is 22.8. The van der Waals surface area contributed by atoms with Crippen LogP contribution in [0.3, 0.4) is 0 Å². The summed E-state index contributed by atoms with van der Waals surface area (Å²) in [7, 11) is 0. The van der Waals surface area contributed by atoms with Gasteiger partial charge in [-0.3, -0.25) is 14.2 Å². The third-order valence-corrected chi connectivity index (χ3v) is 8.73. The van der Waals surface area contributed by atoms with Crippen molar-refractivity contribution in [3.05, 3.63) is 129 Å². The van der Waals surface area contributed by atoms with E-state index >= 15 is 0 Å². The molecular weight excluding hydrogens is 606 g/mol. The first-order valence-electron chi connectivity index (χ1n) is 15.4. The number of fused-ring (bicyclic) bond motifs is 2.